The van der Waals surface area contributed by atoms with Gasteiger partial charge in [-0.2, -0.15) is 0 Å². The number of aromatic nitrogens is 1. The summed E-state index contributed by atoms with van der Waals surface area (Å²) in [5.74, 6) is 0. The summed E-state index contributed by atoms with van der Waals surface area (Å²) in [6.45, 7) is 5.08. The molecule has 2 aromatic heterocycles. The van der Waals surface area contributed by atoms with Crippen LogP contribution in [0.3, 0.4) is 0 Å². The first-order valence-corrected chi connectivity index (χ1v) is 6.74. The Morgan fingerprint density at radius 2 is 2.24 bits per heavy atom. The highest BCUT2D eigenvalue weighted by Crippen LogP contribution is 2.26. The van der Waals surface area contributed by atoms with E-state index in [0.717, 1.165) is 10.9 Å². The molecule has 1 atom stereocenters. The Labute approximate surface area is 111 Å². The van der Waals surface area contributed by atoms with Crippen molar-refractivity contribution in [2.75, 3.05) is 0 Å². The van der Waals surface area contributed by atoms with Crippen molar-refractivity contribution in [3.63, 3.8) is 0 Å². The van der Waals surface area contributed by atoms with Crippen LogP contribution >= 0.6 is 22.9 Å². The number of halogens is 1. The quantitative estimate of drug-likeness (QED) is 0.906. The number of nitrogens with one attached hydrogen (secondary N) is 1. The smallest absolute Gasteiger partial charge is 0.0931 e. The molecule has 0 saturated carbocycles. The van der Waals surface area contributed by atoms with Gasteiger partial charge in [0.2, 0.25) is 0 Å². The van der Waals surface area contributed by atoms with E-state index in [0.29, 0.717) is 6.04 Å². The highest BCUT2D eigenvalue weighted by Gasteiger charge is 2.08. The molecule has 0 aliphatic carbocycles. The maximum atomic E-state index is 5.93. The van der Waals surface area contributed by atoms with Crippen LogP contribution in [-0.4, -0.2) is 4.98 Å². The van der Waals surface area contributed by atoms with E-state index in [1.807, 2.05) is 18.5 Å². The minimum atomic E-state index is 0.320. The van der Waals surface area contributed by atoms with E-state index in [9.17, 15) is 0 Å². The summed E-state index contributed by atoms with van der Waals surface area (Å²) < 4.78 is 0.841. The zero-order chi connectivity index (χ0) is 12.3. The van der Waals surface area contributed by atoms with Gasteiger partial charge in [0.25, 0.3) is 0 Å². The average molecular weight is 267 g/mol. The van der Waals surface area contributed by atoms with Gasteiger partial charge >= 0.3 is 0 Å². The van der Waals surface area contributed by atoms with E-state index in [1.54, 1.807) is 11.3 Å². The van der Waals surface area contributed by atoms with Gasteiger partial charge in [-0.3, -0.25) is 4.98 Å². The Balaban J connectivity index is 1.97. The van der Waals surface area contributed by atoms with Crippen molar-refractivity contribution in [3.05, 3.63) is 50.9 Å². The lowest BCUT2D eigenvalue weighted by Gasteiger charge is -2.13. The third-order valence-electron chi connectivity index (χ3n) is 2.76. The Kier molecular flexibility index (Phi) is 4.15. The second kappa shape index (κ2) is 5.63. The van der Waals surface area contributed by atoms with E-state index in [4.69, 9.17) is 11.6 Å². The maximum absolute atomic E-state index is 5.93. The van der Waals surface area contributed by atoms with Crippen molar-refractivity contribution >= 4 is 22.9 Å². The fourth-order valence-corrected chi connectivity index (χ4v) is 2.71. The number of hydrogen-bond donors (Lipinski definition) is 1. The van der Waals surface area contributed by atoms with Crippen molar-refractivity contribution in [2.24, 2.45) is 0 Å². The monoisotopic (exact) mass is 266 g/mol. The normalized spacial score (nSPS) is 12.6. The van der Waals surface area contributed by atoms with E-state index in [2.05, 4.69) is 36.3 Å². The topological polar surface area (TPSA) is 24.9 Å². The Bertz CT molecular complexity index is 496. The van der Waals surface area contributed by atoms with Gasteiger partial charge in [-0.15, -0.1) is 11.3 Å². The number of nitrogens with zero attached hydrogens (tertiary/aromatic N) is 1. The van der Waals surface area contributed by atoms with Gasteiger partial charge in [-0.05, 0) is 43.2 Å². The Morgan fingerprint density at radius 1 is 1.41 bits per heavy atom. The van der Waals surface area contributed by atoms with Gasteiger partial charge in [0.1, 0.15) is 0 Å². The summed E-state index contributed by atoms with van der Waals surface area (Å²) in [6, 6.07) is 6.39. The van der Waals surface area contributed by atoms with Crippen molar-refractivity contribution in [1.29, 1.82) is 0 Å². The Morgan fingerprint density at radius 3 is 2.88 bits per heavy atom. The lowest BCUT2D eigenvalue weighted by Crippen LogP contribution is -2.17. The van der Waals surface area contributed by atoms with Crippen LogP contribution in [0.15, 0.2) is 30.6 Å². The molecule has 0 spiro atoms. The van der Waals surface area contributed by atoms with Crippen LogP contribution in [0.1, 0.15) is 29.0 Å². The molecule has 1 unspecified atom stereocenters. The van der Waals surface area contributed by atoms with E-state index < -0.39 is 0 Å². The van der Waals surface area contributed by atoms with Crippen molar-refractivity contribution in [3.8, 4) is 0 Å². The molecule has 2 nitrogen and oxygen atoms in total. The largest absolute Gasteiger partial charge is 0.305 e. The molecule has 0 amide bonds. The van der Waals surface area contributed by atoms with Gasteiger partial charge in [0, 0.05) is 29.9 Å². The van der Waals surface area contributed by atoms with Crippen LogP contribution in [0.4, 0.5) is 0 Å². The molecule has 0 radical (unpaired) electrons. The minimum Gasteiger partial charge on any atom is -0.305 e. The highest BCUT2D eigenvalue weighted by atomic mass is 35.5. The van der Waals surface area contributed by atoms with Gasteiger partial charge in [0.05, 0.1) is 4.34 Å². The molecule has 2 aromatic rings. The van der Waals surface area contributed by atoms with E-state index in [1.165, 1.54) is 16.0 Å². The molecule has 2 rings (SSSR count). The SMILES string of the molecule is Cc1cnccc1CNC(C)c1ccc(Cl)s1. The zero-order valence-corrected chi connectivity index (χ0v) is 11.5. The van der Waals surface area contributed by atoms with Gasteiger partial charge < -0.3 is 5.32 Å². The Hall–Kier alpha value is -0.900. The second-order valence-corrected chi connectivity index (χ2v) is 5.79. The maximum Gasteiger partial charge on any atom is 0.0931 e. The molecule has 17 heavy (non-hydrogen) atoms. The van der Waals surface area contributed by atoms with Crippen LogP contribution in [0.5, 0.6) is 0 Å². The summed E-state index contributed by atoms with van der Waals surface area (Å²) in [5.41, 5.74) is 2.51. The molecular formula is C13H15ClN2S. The predicted octanol–water partition coefficient (Wildman–Crippen LogP) is 3.96. The fraction of sp³-hybridized carbons (Fsp3) is 0.308. The highest BCUT2D eigenvalue weighted by molar-refractivity contribution is 7.16. The number of aryl methyl sites for hydroxylation is 1. The standard InChI is InChI=1S/C13H15ClN2S/c1-9-7-15-6-5-11(9)8-16-10(2)12-3-4-13(14)17-12/h3-7,10,16H,8H2,1-2H3. The van der Waals surface area contributed by atoms with Crippen molar-refractivity contribution in [1.82, 2.24) is 10.3 Å². The molecule has 4 heteroatoms. The molecule has 0 saturated heterocycles. The molecule has 2 heterocycles. The van der Waals surface area contributed by atoms with Crippen molar-refractivity contribution < 1.29 is 0 Å². The summed E-state index contributed by atoms with van der Waals surface area (Å²) in [7, 11) is 0. The summed E-state index contributed by atoms with van der Waals surface area (Å²) in [5, 5.41) is 3.49. The predicted molar refractivity (Wildman–Crippen MR) is 73.6 cm³/mol. The third kappa shape index (κ3) is 3.28. The minimum absolute atomic E-state index is 0.320. The van der Waals surface area contributed by atoms with Crippen LogP contribution in [0.2, 0.25) is 4.34 Å². The molecule has 0 fully saturated rings. The number of thiophene rings is 1. The van der Waals surface area contributed by atoms with Gasteiger partial charge in [-0.25, -0.2) is 0 Å². The molecule has 0 aliphatic rings. The van der Waals surface area contributed by atoms with Crippen LogP contribution in [-0.2, 0) is 6.54 Å². The number of rotatable bonds is 4. The number of hydrogen-bond acceptors (Lipinski definition) is 3. The first-order valence-electron chi connectivity index (χ1n) is 5.55. The number of pyridine rings is 1. The van der Waals surface area contributed by atoms with Crippen LogP contribution in [0, 0.1) is 6.92 Å². The van der Waals surface area contributed by atoms with E-state index in [-0.39, 0.29) is 0 Å². The lowest BCUT2D eigenvalue weighted by atomic mass is 10.1. The molecule has 0 bridgehead atoms. The first kappa shape index (κ1) is 12.6. The van der Waals surface area contributed by atoms with Gasteiger partial charge in [0.15, 0.2) is 0 Å². The molecular weight excluding hydrogens is 252 g/mol. The second-order valence-electron chi connectivity index (χ2n) is 4.05. The zero-order valence-electron chi connectivity index (χ0n) is 9.90. The van der Waals surface area contributed by atoms with Gasteiger partial charge in [-0.1, -0.05) is 11.6 Å². The van der Waals surface area contributed by atoms with E-state index >= 15 is 0 Å². The summed E-state index contributed by atoms with van der Waals surface area (Å²) >= 11 is 7.56. The molecule has 90 valence electrons. The average Bonchev–Trinajstić information content (AvgIpc) is 2.74. The van der Waals surface area contributed by atoms with Crippen molar-refractivity contribution in [2.45, 2.75) is 26.4 Å². The summed E-state index contributed by atoms with van der Waals surface area (Å²) in [4.78, 5) is 5.36. The molecule has 0 aromatic carbocycles. The van der Waals surface area contributed by atoms with Crippen LogP contribution < -0.4 is 5.32 Å². The van der Waals surface area contributed by atoms with Crippen LogP contribution in [0.25, 0.3) is 0 Å². The lowest BCUT2D eigenvalue weighted by molar-refractivity contribution is 0.581. The molecule has 0 aliphatic heterocycles. The first-order chi connectivity index (χ1) is 8.16. The fourth-order valence-electron chi connectivity index (χ4n) is 1.63. The third-order valence-corrected chi connectivity index (χ3v) is 4.17. The summed E-state index contributed by atoms with van der Waals surface area (Å²) in [6.07, 6.45) is 3.72. The molecule has 1 N–H and O–H groups in total.